The molecule has 3 nitrogen and oxygen atoms in total. The first kappa shape index (κ1) is 12.1. The van der Waals surface area contributed by atoms with Crippen molar-refractivity contribution in [1.82, 2.24) is 10.3 Å². The van der Waals surface area contributed by atoms with Gasteiger partial charge in [-0.05, 0) is 19.1 Å². The van der Waals surface area contributed by atoms with Gasteiger partial charge in [0, 0.05) is 13.1 Å². The number of nitrogens with zero attached hydrogens (tertiary/aromatic N) is 1. The Morgan fingerprint density at radius 3 is 2.87 bits per heavy atom. The van der Waals surface area contributed by atoms with Crippen molar-refractivity contribution in [1.29, 1.82) is 0 Å². The highest BCUT2D eigenvalue weighted by molar-refractivity contribution is 8.01. The highest BCUT2D eigenvalue weighted by atomic mass is 32.2. The van der Waals surface area contributed by atoms with Crippen LogP contribution in [0.3, 0.4) is 0 Å². The van der Waals surface area contributed by atoms with Crippen LogP contribution in [0, 0.1) is 0 Å². The predicted octanol–water partition coefficient (Wildman–Crippen LogP) is 2.03. The average molecular weight is 240 g/mol. The van der Waals surface area contributed by atoms with Crippen LogP contribution < -0.4 is 5.32 Å². The van der Waals surface area contributed by atoms with E-state index in [0.29, 0.717) is 4.99 Å². The monoisotopic (exact) mass is 240 g/mol. The third-order valence-electron chi connectivity index (χ3n) is 1.60. The Morgan fingerprint density at radius 1 is 1.60 bits per heavy atom. The lowest BCUT2D eigenvalue weighted by Gasteiger charge is -2.11. The van der Waals surface area contributed by atoms with Gasteiger partial charge in [0.2, 0.25) is 5.91 Å². The Bertz CT molecular complexity index is 354. The molecule has 1 rings (SSSR count). The number of amides is 1. The fourth-order valence-electron chi connectivity index (χ4n) is 0.927. The molecule has 5 heteroatoms. The summed E-state index contributed by atoms with van der Waals surface area (Å²) in [6.07, 6.45) is 1.73. The summed E-state index contributed by atoms with van der Waals surface area (Å²) >= 11 is 6.60. The predicted molar refractivity (Wildman–Crippen MR) is 66.0 cm³/mol. The first-order valence-electron chi connectivity index (χ1n) is 4.48. The van der Waals surface area contributed by atoms with E-state index in [2.05, 4.69) is 10.3 Å². The number of thiocarbonyl (C=S) groups is 1. The number of pyridine rings is 1. The van der Waals surface area contributed by atoms with E-state index in [1.54, 1.807) is 6.20 Å². The number of aromatic nitrogens is 1. The molecule has 1 atom stereocenters. The van der Waals surface area contributed by atoms with Crippen LogP contribution in [0.1, 0.15) is 13.8 Å². The molecule has 0 spiro atoms. The van der Waals surface area contributed by atoms with Gasteiger partial charge in [-0.15, -0.1) is 0 Å². The molecule has 0 aliphatic carbocycles. The van der Waals surface area contributed by atoms with E-state index in [1.165, 1.54) is 18.7 Å². The molecule has 0 aromatic carbocycles. The van der Waals surface area contributed by atoms with Crippen molar-refractivity contribution in [3.63, 3.8) is 0 Å². The number of carbonyl (C=O) groups is 1. The van der Waals surface area contributed by atoms with Crippen molar-refractivity contribution in [2.24, 2.45) is 0 Å². The largest absolute Gasteiger partial charge is 0.320 e. The van der Waals surface area contributed by atoms with Crippen molar-refractivity contribution < 1.29 is 4.79 Å². The van der Waals surface area contributed by atoms with Crippen LogP contribution in [0.25, 0.3) is 0 Å². The Hall–Kier alpha value is -0.940. The van der Waals surface area contributed by atoms with Crippen LogP contribution >= 0.6 is 24.0 Å². The number of rotatable bonds is 3. The molecule has 1 amide bonds. The molecule has 1 aromatic heterocycles. The third-order valence-corrected chi connectivity index (χ3v) is 3.28. The first-order valence-corrected chi connectivity index (χ1v) is 5.77. The standard InChI is InChI=1S/C10H12N2OS2/c1-7(10(14)12-8(2)13)15-9-5-3-4-6-11-9/h3-7H,1-2H3,(H,12,13,14). The Balaban J connectivity index is 2.52. The second-order valence-corrected chi connectivity index (χ2v) is 4.77. The van der Waals surface area contributed by atoms with Gasteiger partial charge in [0.05, 0.1) is 15.3 Å². The van der Waals surface area contributed by atoms with E-state index in [0.717, 1.165) is 5.03 Å². The maximum absolute atomic E-state index is 10.8. The summed E-state index contributed by atoms with van der Waals surface area (Å²) in [5.41, 5.74) is 0. The van der Waals surface area contributed by atoms with Gasteiger partial charge in [-0.1, -0.05) is 30.0 Å². The van der Waals surface area contributed by atoms with Crippen LogP contribution in [0.2, 0.25) is 0 Å². The molecule has 0 aliphatic rings. The summed E-state index contributed by atoms with van der Waals surface area (Å²) in [7, 11) is 0. The van der Waals surface area contributed by atoms with Crippen molar-refractivity contribution in [3.05, 3.63) is 24.4 Å². The van der Waals surface area contributed by atoms with Gasteiger partial charge in [0.25, 0.3) is 0 Å². The van der Waals surface area contributed by atoms with E-state index < -0.39 is 0 Å². The number of thioether (sulfide) groups is 1. The number of carbonyl (C=O) groups excluding carboxylic acids is 1. The SMILES string of the molecule is CC(=O)NC(=S)C(C)Sc1ccccn1. The topological polar surface area (TPSA) is 42.0 Å². The maximum atomic E-state index is 10.8. The number of hydrogen-bond acceptors (Lipinski definition) is 4. The second kappa shape index (κ2) is 5.82. The minimum absolute atomic E-state index is 0.0406. The van der Waals surface area contributed by atoms with Crippen LogP contribution in [0.5, 0.6) is 0 Å². The molecule has 0 saturated carbocycles. The summed E-state index contributed by atoms with van der Waals surface area (Å²) in [6, 6.07) is 5.70. The van der Waals surface area contributed by atoms with Gasteiger partial charge in [-0.25, -0.2) is 4.98 Å². The molecule has 1 heterocycles. The maximum Gasteiger partial charge on any atom is 0.221 e. The molecule has 80 valence electrons. The fourth-order valence-corrected chi connectivity index (χ4v) is 2.02. The fraction of sp³-hybridized carbons (Fsp3) is 0.300. The normalized spacial score (nSPS) is 11.9. The van der Waals surface area contributed by atoms with E-state index >= 15 is 0 Å². The summed E-state index contributed by atoms with van der Waals surface area (Å²) in [5.74, 6) is -0.131. The second-order valence-electron chi connectivity index (χ2n) is 2.97. The zero-order chi connectivity index (χ0) is 11.3. The van der Waals surface area contributed by atoms with Gasteiger partial charge in [0.1, 0.15) is 0 Å². The zero-order valence-electron chi connectivity index (χ0n) is 8.56. The number of nitrogens with one attached hydrogen (secondary N) is 1. The Morgan fingerprint density at radius 2 is 2.33 bits per heavy atom. The summed E-state index contributed by atoms with van der Waals surface area (Å²) in [5, 5.41) is 3.55. The summed E-state index contributed by atoms with van der Waals surface area (Å²) in [6.45, 7) is 3.39. The zero-order valence-corrected chi connectivity index (χ0v) is 10.2. The number of hydrogen-bond donors (Lipinski definition) is 1. The quantitative estimate of drug-likeness (QED) is 0.648. The smallest absolute Gasteiger partial charge is 0.221 e. The van der Waals surface area contributed by atoms with Crippen molar-refractivity contribution in [2.75, 3.05) is 0 Å². The molecule has 0 radical (unpaired) electrons. The van der Waals surface area contributed by atoms with Gasteiger partial charge in [0.15, 0.2) is 0 Å². The minimum Gasteiger partial charge on any atom is -0.320 e. The van der Waals surface area contributed by atoms with E-state index in [9.17, 15) is 4.79 Å². The van der Waals surface area contributed by atoms with Gasteiger partial charge < -0.3 is 5.32 Å². The molecule has 1 unspecified atom stereocenters. The van der Waals surface area contributed by atoms with Crippen molar-refractivity contribution in [3.8, 4) is 0 Å². The highest BCUT2D eigenvalue weighted by Crippen LogP contribution is 2.20. The third kappa shape index (κ3) is 4.40. The van der Waals surface area contributed by atoms with Gasteiger partial charge >= 0.3 is 0 Å². The highest BCUT2D eigenvalue weighted by Gasteiger charge is 2.11. The van der Waals surface area contributed by atoms with Crippen LogP contribution in [0.4, 0.5) is 0 Å². The lowest BCUT2D eigenvalue weighted by Crippen LogP contribution is -2.32. The summed E-state index contributed by atoms with van der Waals surface area (Å²) < 4.78 is 0. The first-order chi connectivity index (χ1) is 7.09. The molecule has 0 bridgehead atoms. The Kier molecular flexibility index (Phi) is 4.71. The van der Waals surface area contributed by atoms with Crippen molar-refractivity contribution in [2.45, 2.75) is 24.1 Å². The molecule has 1 N–H and O–H groups in total. The summed E-state index contributed by atoms with van der Waals surface area (Å²) in [4.78, 5) is 15.5. The lowest BCUT2D eigenvalue weighted by atomic mass is 10.4. The van der Waals surface area contributed by atoms with E-state index in [4.69, 9.17) is 12.2 Å². The molecular formula is C10H12N2OS2. The van der Waals surface area contributed by atoms with Crippen LogP contribution in [-0.4, -0.2) is 21.1 Å². The minimum atomic E-state index is -0.131. The van der Waals surface area contributed by atoms with Crippen LogP contribution in [-0.2, 0) is 4.79 Å². The lowest BCUT2D eigenvalue weighted by molar-refractivity contribution is -0.117. The van der Waals surface area contributed by atoms with E-state index in [1.807, 2.05) is 25.1 Å². The Labute approximate surface area is 98.7 Å². The molecule has 15 heavy (non-hydrogen) atoms. The van der Waals surface area contributed by atoms with Crippen molar-refractivity contribution >= 4 is 34.9 Å². The van der Waals surface area contributed by atoms with Crippen LogP contribution in [0.15, 0.2) is 29.4 Å². The molecular weight excluding hydrogens is 228 g/mol. The molecule has 0 aliphatic heterocycles. The average Bonchev–Trinajstić information content (AvgIpc) is 2.18. The van der Waals surface area contributed by atoms with E-state index in [-0.39, 0.29) is 11.2 Å². The molecule has 0 saturated heterocycles. The van der Waals surface area contributed by atoms with Gasteiger partial charge in [-0.2, -0.15) is 0 Å². The molecule has 0 fully saturated rings. The molecule has 1 aromatic rings. The van der Waals surface area contributed by atoms with Gasteiger partial charge in [-0.3, -0.25) is 4.79 Å².